The van der Waals surface area contributed by atoms with Crippen molar-refractivity contribution >= 4 is 17.7 Å². The lowest BCUT2D eigenvalue weighted by molar-refractivity contribution is -0.151. The number of esters is 1. The average Bonchev–Trinajstić information content (AvgIpc) is 3.32. The van der Waals surface area contributed by atoms with Gasteiger partial charge in [-0.25, -0.2) is 4.79 Å². The van der Waals surface area contributed by atoms with Gasteiger partial charge >= 0.3 is 12.0 Å². The summed E-state index contributed by atoms with van der Waals surface area (Å²) in [5, 5.41) is 6.72. The highest BCUT2D eigenvalue weighted by Gasteiger charge is 2.30. The number of hydrogen-bond acceptors (Lipinski definition) is 7. The van der Waals surface area contributed by atoms with E-state index in [4.69, 9.17) is 14.0 Å². The van der Waals surface area contributed by atoms with Gasteiger partial charge in [0.15, 0.2) is 6.61 Å². The number of urea groups is 1. The number of anilines is 1. The van der Waals surface area contributed by atoms with Gasteiger partial charge in [-0.3, -0.25) is 4.79 Å². The molecule has 2 heterocycles. The number of likely N-dealkylation sites (tertiary alicyclic amines) is 1. The molecule has 1 aliphatic rings. The Kier molecular flexibility index (Phi) is 6.64. The number of methoxy groups -OCH3 is 1. The third-order valence-corrected chi connectivity index (χ3v) is 5.22. The van der Waals surface area contributed by atoms with Gasteiger partial charge < -0.3 is 24.2 Å². The van der Waals surface area contributed by atoms with Crippen molar-refractivity contribution in [2.75, 3.05) is 25.5 Å². The Balaban J connectivity index is 1.29. The Bertz CT molecular complexity index is 1050. The van der Waals surface area contributed by atoms with Gasteiger partial charge in [0.25, 0.3) is 5.89 Å². The number of rotatable bonds is 6. The van der Waals surface area contributed by atoms with Crippen molar-refractivity contribution in [3.05, 3.63) is 60.4 Å². The summed E-state index contributed by atoms with van der Waals surface area (Å²) in [6, 6.07) is 16.2. The Morgan fingerprint density at radius 2 is 1.94 bits per heavy atom. The molecule has 4 rings (SSSR count). The second-order valence-electron chi connectivity index (χ2n) is 7.43. The zero-order valence-electron chi connectivity index (χ0n) is 17.7. The molecule has 9 heteroatoms. The highest BCUT2D eigenvalue weighted by Crippen LogP contribution is 2.22. The Hall–Kier alpha value is -3.88. The van der Waals surface area contributed by atoms with E-state index in [-0.39, 0.29) is 24.4 Å². The molecule has 1 fully saturated rings. The van der Waals surface area contributed by atoms with Crippen molar-refractivity contribution in [2.24, 2.45) is 5.92 Å². The van der Waals surface area contributed by atoms with E-state index in [1.807, 2.05) is 30.3 Å². The number of para-hydroxylation sites is 1. The summed E-state index contributed by atoms with van der Waals surface area (Å²) in [7, 11) is 1.59. The van der Waals surface area contributed by atoms with Crippen LogP contribution in [0.25, 0.3) is 11.5 Å². The highest BCUT2D eigenvalue weighted by atomic mass is 16.5. The predicted molar refractivity (Wildman–Crippen MR) is 116 cm³/mol. The maximum atomic E-state index is 12.6. The number of piperidine rings is 1. The quantitative estimate of drug-likeness (QED) is 0.587. The zero-order valence-corrected chi connectivity index (χ0v) is 17.7. The number of carbonyl (C=O) groups is 2. The molecule has 32 heavy (non-hydrogen) atoms. The van der Waals surface area contributed by atoms with E-state index < -0.39 is 5.92 Å². The molecule has 0 spiro atoms. The van der Waals surface area contributed by atoms with E-state index >= 15 is 0 Å². The summed E-state index contributed by atoms with van der Waals surface area (Å²) >= 11 is 0. The van der Waals surface area contributed by atoms with Crippen LogP contribution in [0.4, 0.5) is 10.5 Å². The van der Waals surface area contributed by atoms with E-state index in [0.717, 1.165) is 17.7 Å². The van der Waals surface area contributed by atoms with Gasteiger partial charge in [-0.2, -0.15) is 4.98 Å². The maximum Gasteiger partial charge on any atom is 0.321 e. The fourth-order valence-corrected chi connectivity index (χ4v) is 3.49. The second-order valence-corrected chi connectivity index (χ2v) is 7.43. The van der Waals surface area contributed by atoms with Gasteiger partial charge in [-0.05, 0) is 49.2 Å². The van der Waals surface area contributed by atoms with E-state index in [0.29, 0.717) is 31.1 Å². The number of hydrogen-bond donors (Lipinski definition) is 1. The molecule has 1 unspecified atom stereocenters. The lowest BCUT2D eigenvalue weighted by atomic mass is 9.98. The fourth-order valence-electron chi connectivity index (χ4n) is 3.49. The summed E-state index contributed by atoms with van der Waals surface area (Å²) in [4.78, 5) is 31.0. The molecule has 2 amide bonds. The van der Waals surface area contributed by atoms with Gasteiger partial charge in [0.1, 0.15) is 5.75 Å². The van der Waals surface area contributed by atoms with Crippen molar-refractivity contribution in [1.29, 1.82) is 0 Å². The number of carbonyl (C=O) groups excluding carboxylic acids is 2. The molecule has 1 N–H and O–H groups in total. The van der Waals surface area contributed by atoms with Gasteiger partial charge in [-0.15, -0.1) is 0 Å². The fraction of sp³-hybridized carbons (Fsp3) is 0.304. The Labute approximate surface area is 185 Å². The van der Waals surface area contributed by atoms with Crippen LogP contribution in [-0.4, -0.2) is 47.2 Å². The molecular weight excluding hydrogens is 412 g/mol. The molecule has 1 aliphatic heterocycles. The first-order chi connectivity index (χ1) is 15.6. The molecule has 0 saturated carbocycles. The van der Waals surface area contributed by atoms with Crippen LogP contribution < -0.4 is 10.1 Å². The molecule has 0 radical (unpaired) electrons. The molecule has 1 atom stereocenters. The van der Waals surface area contributed by atoms with Crippen LogP contribution in [0.1, 0.15) is 18.7 Å². The van der Waals surface area contributed by atoms with Gasteiger partial charge in [0.05, 0.1) is 13.0 Å². The summed E-state index contributed by atoms with van der Waals surface area (Å²) in [6.45, 7) is 0.810. The highest BCUT2D eigenvalue weighted by molar-refractivity contribution is 5.89. The summed E-state index contributed by atoms with van der Waals surface area (Å²) in [5.74, 6) is 0.566. The first kappa shape index (κ1) is 21.4. The van der Waals surface area contributed by atoms with Crippen LogP contribution in [0.15, 0.2) is 59.1 Å². The minimum atomic E-state index is -0.391. The Morgan fingerprint density at radius 1 is 1.16 bits per heavy atom. The lowest BCUT2D eigenvalue weighted by Crippen LogP contribution is -2.44. The number of benzene rings is 2. The molecule has 1 saturated heterocycles. The summed E-state index contributed by atoms with van der Waals surface area (Å²) in [6.07, 6.45) is 1.39. The molecule has 166 valence electrons. The SMILES string of the molecule is COc1ccc(-c2nc(COC(=O)C3CCCN(C(=O)Nc4ccccc4)C3)no2)cc1. The summed E-state index contributed by atoms with van der Waals surface area (Å²) < 4.78 is 15.8. The second kappa shape index (κ2) is 9.95. The van der Waals surface area contributed by atoms with Gasteiger partial charge in [-0.1, -0.05) is 23.4 Å². The monoisotopic (exact) mass is 436 g/mol. The number of nitrogens with zero attached hydrogens (tertiary/aromatic N) is 3. The van der Waals surface area contributed by atoms with Crippen molar-refractivity contribution in [3.63, 3.8) is 0 Å². The largest absolute Gasteiger partial charge is 0.497 e. The first-order valence-corrected chi connectivity index (χ1v) is 10.4. The first-order valence-electron chi connectivity index (χ1n) is 10.4. The molecule has 2 aromatic carbocycles. The number of amides is 2. The van der Waals surface area contributed by atoms with Gasteiger partial charge in [0.2, 0.25) is 5.82 Å². The number of nitrogens with one attached hydrogen (secondary N) is 1. The maximum absolute atomic E-state index is 12.6. The third-order valence-electron chi connectivity index (χ3n) is 5.22. The zero-order chi connectivity index (χ0) is 22.3. The molecule has 0 aliphatic carbocycles. The van der Waals surface area contributed by atoms with Crippen molar-refractivity contribution < 1.29 is 23.6 Å². The minimum absolute atomic E-state index is 0.0921. The minimum Gasteiger partial charge on any atom is -0.497 e. The standard InChI is InChI=1S/C23H24N4O5/c1-30-19-11-9-16(10-12-19)21-25-20(26-32-21)15-31-22(28)17-6-5-13-27(14-17)23(29)24-18-7-3-2-4-8-18/h2-4,7-12,17H,5-6,13-15H2,1H3,(H,24,29). The van der Waals surface area contributed by atoms with E-state index in [1.165, 1.54) is 0 Å². The van der Waals surface area contributed by atoms with Crippen LogP contribution in [0.5, 0.6) is 5.75 Å². The van der Waals surface area contributed by atoms with Crippen LogP contribution in [0.2, 0.25) is 0 Å². The van der Waals surface area contributed by atoms with Crippen molar-refractivity contribution in [2.45, 2.75) is 19.4 Å². The molecule has 3 aromatic rings. The number of ether oxygens (including phenoxy) is 2. The average molecular weight is 436 g/mol. The Morgan fingerprint density at radius 3 is 2.69 bits per heavy atom. The van der Waals surface area contributed by atoms with Crippen molar-refractivity contribution in [3.8, 4) is 17.2 Å². The van der Waals surface area contributed by atoms with Crippen LogP contribution >= 0.6 is 0 Å². The smallest absolute Gasteiger partial charge is 0.321 e. The van der Waals surface area contributed by atoms with Gasteiger partial charge in [0, 0.05) is 24.3 Å². The molecule has 0 bridgehead atoms. The van der Waals surface area contributed by atoms with Crippen molar-refractivity contribution in [1.82, 2.24) is 15.0 Å². The lowest BCUT2D eigenvalue weighted by Gasteiger charge is -2.31. The molecule has 1 aromatic heterocycles. The van der Waals surface area contributed by atoms with E-state index in [9.17, 15) is 9.59 Å². The topological polar surface area (TPSA) is 107 Å². The molecule has 9 nitrogen and oxygen atoms in total. The van der Waals surface area contributed by atoms with Crippen LogP contribution in [0.3, 0.4) is 0 Å². The van der Waals surface area contributed by atoms with E-state index in [2.05, 4.69) is 15.5 Å². The van der Waals surface area contributed by atoms with E-state index in [1.54, 1.807) is 36.3 Å². The number of aromatic nitrogens is 2. The van der Waals surface area contributed by atoms with Crippen LogP contribution in [0, 0.1) is 5.92 Å². The van der Waals surface area contributed by atoms with Crippen LogP contribution in [-0.2, 0) is 16.1 Å². The third kappa shape index (κ3) is 5.23. The molecular formula is C23H24N4O5. The normalized spacial score (nSPS) is 15.8. The predicted octanol–water partition coefficient (Wildman–Crippen LogP) is 3.73. The summed E-state index contributed by atoms with van der Waals surface area (Å²) in [5.41, 5.74) is 1.45.